The molecule has 3 atom stereocenters. The van der Waals surface area contributed by atoms with Crippen LogP contribution in [-0.4, -0.2) is 29.4 Å². The van der Waals surface area contributed by atoms with Crippen LogP contribution in [0.5, 0.6) is 0 Å². The van der Waals surface area contributed by atoms with E-state index in [4.69, 9.17) is 11.1 Å². The maximum Gasteiger partial charge on any atom is 0.158 e. The monoisotopic (exact) mass is 259 g/mol. The van der Waals surface area contributed by atoms with Crippen LogP contribution in [0.25, 0.3) is 0 Å². The van der Waals surface area contributed by atoms with Gasteiger partial charge >= 0.3 is 0 Å². The summed E-state index contributed by atoms with van der Waals surface area (Å²) in [4.78, 5) is 10.6. The molecule has 102 valence electrons. The van der Waals surface area contributed by atoms with Gasteiger partial charge in [0.05, 0.1) is 0 Å². The maximum absolute atomic E-state index is 7.59. The summed E-state index contributed by atoms with van der Waals surface area (Å²) in [6.45, 7) is 1.00. The molecule has 1 aromatic rings. The minimum Gasteiger partial charge on any atom is -0.382 e. The molecule has 2 fully saturated rings. The first kappa shape index (κ1) is 12.4. The van der Waals surface area contributed by atoms with Crippen molar-refractivity contribution < 1.29 is 0 Å². The van der Waals surface area contributed by atoms with E-state index >= 15 is 0 Å². The number of amidine groups is 1. The van der Waals surface area contributed by atoms with Gasteiger partial charge in [-0.25, -0.2) is 9.97 Å². The average Bonchev–Trinajstić information content (AvgIpc) is 3.01. The highest BCUT2D eigenvalue weighted by Gasteiger charge is 2.39. The zero-order valence-corrected chi connectivity index (χ0v) is 11.3. The van der Waals surface area contributed by atoms with Crippen LogP contribution < -0.4 is 10.6 Å². The third kappa shape index (κ3) is 2.29. The second kappa shape index (κ2) is 4.79. The fraction of sp³-hybridized carbons (Fsp3) is 0.643. The van der Waals surface area contributed by atoms with Gasteiger partial charge in [0.15, 0.2) is 5.82 Å². The predicted octanol–water partition coefficient (Wildman–Crippen LogP) is 1.63. The normalized spacial score (nSPS) is 28.6. The highest BCUT2D eigenvalue weighted by Crippen LogP contribution is 2.48. The van der Waals surface area contributed by atoms with E-state index < -0.39 is 0 Å². The average molecular weight is 259 g/mol. The van der Waals surface area contributed by atoms with Gasteiger partial charge in [0.25, 0.3) is 0 Å². The van der Waals surface area contributed by atoms with Crippen LogP contribution >= 0.6 is 0 Å². The van der Waals surface area contributed by atoms with E-state index in [0.717, 1.165) is 30.1 Å². The molecule has 0 radical (unpaired) electrons. The molecule has 3 N–H and O–H groups in total. The molecule has 0 aliphatic heterocycles. The number of hydrogen-bond acceptors (Lipinski definition) is 4. The summed E-state index contributed by atoms with van der Waals surface area (Å²) >= 11 is 0. The van der Waals surface area contributed by atoms with E-state index in [9.17, 15) is 0 Å². The van der Waals surface area contributed by atoms with Crippen LogP contribution in [0.15, 0.2) is 12.4 Å². The van der Waals surface area contributed by atoms with Crippen molar-refractivity contribution in [1.82, 2.24) is 9.97 Å². The van der Waals surface area contributed by atoms with Crippen molar-refractivity contribution in [2.45, 2.75) is 25.7 Å². The van der Waals surface area contributed by atoms with Crippen molar-refractivity contribution in [1.29, 1.82) is 5.41 Å². The van der Waals surface area contributed by atoms with Crippen molar-refractivity contribution in [3.63, 3.8) is 0 Å². The van der Waals surface area contributed by atoms with Gasteiger partial charge in [-0.3, -0.25) is 5.41 Å². The van der Waals surface area contributed by atoms with Gasteiger partial charge in [-0.15, -0.1) is 0 Å². The number of aromatic nitrogens is 2. The summed E-state index contributed by atoms with van der Waals surface area (Å²) in [7, 11) is 2.03. The van der Waals surface area contributed by atoms with Crippen molar-refractivity contribution in [2.75, 3.05) is 18.5 Å². The Kier molecular flexibility index (Phi) is 3.12. The van der Waals surface area contributed by atoms with Crippen molar-refractivity contribution in [3.8, 4) is 0 Å². The lowest BCUT2D eigenvalue weighted by Crippen LogP contribution is -2.31. The first-order valence-corrected chi connectivity index (χ1v) is 7.01. The van der Waals surface area contributed by atoms with Crippen molar-refractivity contribution >= 4 is 11.7 Å². The summed E-state index contributed by atoms with van der Waals surface area (Å²) in [5.41, 5.74) is 6.07. The molecule has 0 aromatic carbocycles. The Balaban J connectivity index is 1.74. The second-order valence-electron chi connectivity index (χ2n) is 5.96. The molecule has 1 aromatic heterocycles. The Labute approximate surface area is 113 Å². The molecule has 2 bridgehead atoms. The number of fused-ring (bicyclic) bond motifs is 2. The lowest BCUT2D eigenvalue weighted by molar-refractivity contribution is 0.337. The predicted molar refractivity (Wildman–Crippen MR) is 75.3 cm³/mol. The largest absolute Gasteiger partial charge is 0.382 e. The summed E-state index contributed by atoms with van der Waals surface area (Å²) in [6.07, 6.45) is 8.84. The summed E-state index contributed by atoms with van der Waals surface area (Å²) in [5.74, 6) is 3.34. The van der Waals surface area contributed by atoms with E-state index in [1.807, 2.05) is 7.05 Å². The third-order valence-corrected chi connectivity index (χ3v) is 4.69. The first-order chi connectivity index (χ1) is 9.15. The van der Waals surface area contributed by atoms with Crippen molar-refractivity contribution in [2.24, 2.45) is 23.5 Å². The molecule has 3 unspecified atom stereocenters. The number of rotatable bonds is 4. The second-order valence-corrected chi connectivity index (χ2v) is 5.96. The summed E-state index contributed by atoms with van der Waals surface area (Å²) in [5, 5.41) is 7.59. The third-order valence-electron chi connectivity index (χ3n) is 4.69. The molecule has 5 heteroatoms. The topological polar surface area (TPSA) is 78.9 Å². The Hall–Kier alpha value is -1.65. The number of nitrogen functional groups attached to an aromatic ring is 1. The molecule has 2 saturated carbocycles. The van der Waals surface area contributed by atoms with E-state index in [0.29, 0.717) is 5.69 Å². The van der Waals surface area contributed by atoms with Crippen LogP contribution in [0.1, 0.15) is 31.4 Å². The molecule has 2 aliphatic rings. The van der Waals surface area contributed by atoms with Gasteiger partial charge in [-0.1, -0.05) is 6.42 Å². The van der Waals surface area contributed by atoms with E-state index in [1.165, 1.54) is 25.7 Å². The lowest BCUT2D eigenvalue weighted by atomic mass is 9.88. The van der Waals surface area contributed by atoms with Crippen molar-refractivity contribution in [3.05, 3.63) is 18.1 Å². The molecule has 0 saturated heterocycles. The fourth-order valence-corrected chi connectivity index (χ4v) is 3.84. The summed E-state index contributed by atoms with van der Waals surface area (Å²) in [6, 6.07) is 0. The fourth-order valence-electron chi connectivity index (χ4n) is 3.84. The van der Waals surface area contributed by atoms with Crippen LogP contribution in [0.4, 0.5) is 5.82 Å². The molecular formula is C14H21N5. The van der Waals surface area contributed by atoms with Gasteiger partial charge in [0.1, 0.15) is 11.5 Å². The minimum atomic E-state index is -0.0112. The summed E-state index contributed by atoms with van der Waals surface area (Å²) < 4.78 is 0. The molecule has 3 rings (SSSR count). The van der Waals surface area contributed by atoms with Gasteiger partial charge in [0, 0.05) is 26.0 Å². The molecule has 19 heavy (non-hydrogen) atoms. The minimum absolute atomic E-state index is 0.0112. The number of nitrogens with zero attached hydrogens (tertiary/aromatic N) is 3. The zero-order chi connectivity index (χ0) is 13.4. The maximum atomic E-state index is 7.59. The van der Waals surface area contributed by atoms with E-state index in [2.05, 4.69) is 14.9 Å². The highest BCUT2D eigenvalue weighted by molar-refractivity contribution is 5.97. The number of hydrogen-bond donors (Lipinski definition) is 2. The van der Waals surface area contributed by atoms with Gasteiger partial charge in [0.2, 0.25) is 0 Å². The quantitative estimate of drug-likeness (QED) is 0.636. The number of nitrogens with one attached hydrogen (secondary N) is 1. The highest BCUT2D eigenvalue weighted by atomic mass is 15.2. The molecule has 1 heterocycles. The van der Waals surface area contributed by atoms with Gasteiger partial charge in [-0.05, 0) is 37.0 Å². The molecular weight excluding hydrogens is 238 g/mol. The Morgan fingerprint density at radius 1 is 1.37 bits per heavy atom. The lowest BCUT2D eigenvalue weighted by Gasteiger charge is -2.28. The Morgan fingerprint density at radius 3 is 2.79 bits per heavy atom. The van der Waals surface area contributed by atoms with E-state index in [-0.39, 0.29) is 5.84 Å². The van der Waals surface area contributed by atoms with Gasteiger partial charge in [-0.2, -0.15) is 0 Å². The molecule has 0 spiro atoms. The Bertz CT molecular complexity index is 486. The molecule has 2 aliphatic carbocycles. The smallest absolute Gasteiger partial charge is 0.158 e. The first-order valence-electron chi connectivity index (χ1n) is 7.01. The standard InChI is InChI=1S/C14H21N5/c1-19(8-11-7-9-2-3-10(11)6-9)14-12(13(15)16)17-4-5-18-14/h4-5,9-11H,2-3,6-8H2,1H3,(H3,15,16). The van der Waals surface area contributed by atoms with Gasteiger partial charge < -0.3 is 10.6 Å². The zero-order valence-electron chi connectivity index (χ0n) is 11.3. The molecule has 5 nitrogen and oxygen atoms in total. The molecule has 0 amide bonds. The van der Waals surface area contributed by atoms with Crippen LogP contribution in [0.2, 0.25) is 0 Å². The van der Waals surface area contributed by atoms with Crippen LogP contribution in [-0.2, 0) is 0 Å². The Morgan fingerprint density at radius 2 is 2.16 bits per heavy atom. The van der Waals surface area contributed by atoms with E-state index in [1.54, 1.807) is 12.4 Å². The number of anilines is 1. The van der Waals surface area contributed by atoms with Crippen LogP contribution in [0.3, 0.4) is 0 Å². The van der Waals surface area contributed by atoms with Crippen LogP contribution in [0, 0.1) is 23.2 Å². The number of nitrogens with two attached hydrogens (primary N) is 1. The SMILES string of the molecule is CN(CC1CC2CCC1C2)c1nccnc1C(=N)N.